The summed E-state index contributed by atoms with van der Waals surface area (Å²) in [7, 11) is 0. The van der Waals surface area contributed by atoms with Crippen molar-refractivity contribution >= 4 is 40.0 Å². The molecular weight excluding hydrogens is 252 g/mol. The van der Waals surface area contributed by atoms with Gasteiger partial charge < -0.3 is 0 Å². The van der Waals surface area contributed by atoms with E-state index >= 15 is 0 Å². The molecule has 3 amide bonds. The number of alkyl halides is 1. The van der Waals surface area contributed by atoms with Gasteiger partial charge in [-0.3, -0.25) is 15.4 Å². The van der Waals surface area contributed by atoms with Crippen LogP contribution in [0.2, 0.25) is 0 Å². The molecule has 0 spiro atoms. The van der Waals surface area contributed by atoms with Crippen molar-refractivity contribution in [1.29, 1.82) is 0 Å². The van der Waals surface area contributed by atoms with Crippen LogP contribution >= 0.6 is 22.9 Å². The van der Waals surface area contributed by atoms with E-state index in [4.69, 9.17) is 11.6 Å². The van der Waals surface area contributed by atoms with E-state index in [1.54, 1.807) is 0 Å². The highest BCUT2D eigenvalue weighted by atomic mass is 35.5. The molecule has 1 heterocycles. The Morgan fingerprint density at radius 1 is 1.44 bits per heavy atom. The first kappa shape index (κ1) is 12.9. The summed E-state index contributed by atoms with van der Waals surface area (Å²) in [6.07, 6.45) is 0.859. The SMILES string of the molecule is CCc1nnc(NC(=O)NC(=O)CCCl)s1. The summed E-state index contributed by atoms with van der Waals surface area (Å²) in [6, 6.07) is -0.617. The summed E-state index contributed by atoms with van der Waals surface area (Å²) >= 11 is 6.62. The highest BCUT2D eigenvalue weighted by Gasteiger charge is 2.09. The topological polar surface area (TPSA) is 84.0 Å². The van der Waals surface area contributed by atoms with Crippen molar-refractivity contribution in [1.82, 2.24) is 15.5 Å². The Bertz CT molecular complexity index is 382. The van der Waals surface area contributed by atoms with E-state index in [1.165, 1.54) is 11.3 Å². The predicted molar refractivity (Wildman–Crippen MR) is 61.8 cm³/mol. The van der Waals surface area contributed by atoms with Gasteiger partial charge in [-0.15, -0.1) is 21.8 Å². The van der Waals surface area contributed by atoms with Crippen LogP contribution in [0.4, 0.5) is 9.93 Å². The summed E-state index contributed by atoms with van der Waals surface area (Å²) in [5.41, 5.74) is 0. The second-order valence-electron chi connectivity index (χ2n) is 2.80. The molecule has 0 aliphatic heterocycles. The van der Waals surface area contributed by atoms with Crippen molar-refractivity contribution in [3.8, 4) is 0 Å². The fraction of sp³-hybridized carbons (Fsp3) is 0.500. The normalized spacial score (nSPS) is 9.88. The van der Waals surface area contributed by atoms with Crippen molar-refractivity contribution in [3.05, 3.63) is 5.01 Å². The molecule has 1 aromatic heterocycles. The number of aromatic nitrogens is 2. The van der Waals surface area contributed by atoms with Crippen molar-refractivity contribution < 1.29 is 9.59 Å². The van der Waals surface area contributed by atoms with Crippen LogP contribution in [0, 0.1) is 0 Å². The lowest BCUT2D eigenvalue weighted by Crippen LogP contribution is -2.34. The van der Waals surface area contributed by atoms with Crippen LogP contribution in [0.5, 0.6) is 0 Å². The Labute approximate surface area is 101 Å². The van der Waals surface area contributed by atoms with E-state index in [0.29, 0.717) is 5.13 Å². The fourth-order valence-corrected chi connectivity index (χ4v) is 1.70. The Kier molecular flexibility index (Phi) is 5.13. The maximum Gasteiger partial charge on any atom is 0.327 e. The Morgan fingerprint density at radius 2 is 2.19 bits per heavy atom. The van der Waals surface area contributed by atoms with Gasteiger partial charge in [-0.25, -0.2) is 4.79 Å². The van der Waals surface area contributed by atoms with E-state index in [9.17, 15) is 9.59 Å². The first-order valence-electron chi connectivity index (χ1n) is 4.65. The average molecular weight is 263 g/mol. The van der Waals surface area contributed by atoms with Gasteiger partial charge in [0.15, 0.2) is 0 Å². The van der Waals surface area contributed by atoms with Gasteiger partial charge >= 0.3 is 6.03 Å². The zero-order valence-electron chi connectivity index (χ0n) is 8.62. The third kappa shape index (κ3) is 4.11. The minimum atomic E-state index is -0.617. The van der Waals surface area contributed by atoms with Gasteiger partial charge in [-0.1, -0.05) is 18.3 Å². The van der Waals surface area contributed by atoms with E-state index in [1.807, 2.05) is 6.92 Å². The molecule has 0 radical (unpaired) electrons. The number of halogens is 1. The third-order valence-corrected chi connectivity index (χ3v) is 2.74. The number of hydrogen-bond acceptors (Lipinski definition) is 5. The molecule has 16 heavy (non-hydrogen) atoms. The monoisotopic (exact) mass is 262 g/mol. The molecule has 0 aliphatic rings. The van der Waals surface area contributed by atoms with Gasteiger partial charge in [0.05, 0.1) is 0 Å². The van der Waals surface area contributed by atoms with Gasteiger partial charge in [-0.2, -0.15) is 0 Å². The average Bonchev–Trinajstić information content (AvgIpc) is 2.65. The Hall–Kier alpha value is -1.21. The maximum absolute atomic E-state index is 11.2. The zero-order valence-corrected chi connectivity index (χ0v) is 10.2. The minimum absolute atomic E-state index is 0.102. The summed E-state index contributed by atoms with van der Waals surface area (Å²) < 4.78 is 0. The van der Waals surface area contributed by atoms with Gasteiger partial charge in [0, 0.05) is 12.3 Å². The number of urea groups is 1. The molecule has 8 heteroatoms. The Morgan fingerprint density at radius 3 is 2.75 bits per heavy atom. The molecule has 0 unspecified atom stereocenters. The molecule has 1 aromatic rings. The second kappa shape index (κ2) is 6.39. The predicted octanol–water partition coefficient (Wildman–Crippen LogP) is 1.38. The molecule has 0 saturated carbocycles. The van der Waals surface area contributed by atoms with Gasteiger partial charge in [-0.05, 0) is 6.42 Å². The Balaban J connectivity index is 2.42. The lowest BCUT2D eigenvalue weighted by molar-refractivity contribution is -0.119. The number of imide groups is 1. The summed E-state index contributed by atoms with van der Waals surface area (Å²) in [4.78, 5) is 22.3. The quantitative estimate of drug-likeness (QED) is 0.803. The first-order valence-corrected chi connectivity index (χ1v) is 6.00. The van der Waals surface area contributed by atoms with E-state index in [-0.39, 0.29) is 12.3 Å². The van der Waals surface area contributed by atoms with Crippen LogP contribution < -0.4 is 10.6 Å². The molecule has 0 bridgehead atoms. The number of amides is 3. The number of rotatable bonds is 4. The fourth-order valence-electron chi connectivity index (χ4n) is 0.850. The number of nitrogens with zero attached hydrogens (tertiary/aromatic N) is 2. The standard InChI is InChI=1S/C8H11ClN4O2S/c1-2-6-12-13-8(16-6)11-7(15)10-5(14)3-4-9/h2-4H2,1H3,(H2,10,11,13,14,15). The molecule has 1 rings (SSSR count). The van der Waals surface area contributed by atoms with Crippen LogP contribution in [-0.4, -0.2) is 28.0 Å². The molecule has 0 aliphatic carbocycles. The highest BCUT2D eigenvalue weighted by Crippen LogP contribution is 2.14. The highest BCUT2D eigenvalue weighted by molar-refractivity contribution is 7.15. The largest absolute Gasteiger partial charge is 0.327 e. The summed E-state index contributed by atoms with van der Waals surface area (Å²) in [5, 5.41) is 13.3. The van der Waals surface area contributed by atoms with E-state index < -0.39 is 11.9 Å². The van der Waals surface area contributed by atoms with Crippen molar-refractivity contribution in [2.75, 3.05) is 11.2 Å². The number of aryl methyl sites for hydroxylation is 1. The van der Waals surface area contributed by atoms with E-state index in [2.05, 4.69) is 20.8 Å². The smallest absolute Gasteiger partial charge is 0.282 e. The molecule has 2 N–H and O–H groups in total. The molecule has 0 aromatic carbocycles. The van der Waals surface area contributed by atoms with Gasteiger partial charge in [0.2, 0.25) is 11.0 Å². The lowest BCUT2D eigenvalue weighted by atomic mass is 10.4. The number of hydrogen-bond donors (Lipinski definition) is 2. The molecule has 6 nitrogen and oxygen atoms in total. The number of carbonyl (C=O) groups is 2. The van der Waals surface area contributed by atoms with Crippen LogP contribution in [0.3, 0.4) is 0 Å². The van der Waals surface area contributed by atoms with Gasteiger partial charge in [0.1, 0.15) is 5.01 Å². The molecular formula is C8H11ClN4O2S. The van der Waals surface area contributed by atoms with Crippen LogP contribution in [0.25, 0.3) is 0 Å². The van der Waals surface area contributed by atoms with Crippen molar-refractivity contribution in [2.24, 2.45) is 0 Å². The van der Waals surface area contributed by atoms with Crippen LogP contribution in [0.15, 0.2) is 0 Å². The lowest BCUT2D eigenvalue weighted by Gasteiger charge is -2.01. The molecule has 0 saturated heterocycles. The van der Waals surface area contributed by atoms with E-state index in [0.717, 1.165) is 11.4 Å². The molecule has 0 atom stereocenters. The molecule has 0 fully saturated rings. The van der Waals surface area contributed by atoms with Crippen molar-refractivity contribution in [2.45, 2.75) is 19.8 Å². The summed E-state index contributed by atoms with van der Waals surface area (Å²) in [5.74, 6) is -0.245. The summed E-state index contributed by atoms with van der Waals surface area (Å²) in [6.45, 7) is 1.94. The maximum atomic E-state index is 11.2. The number of nitrogens with one attached hydrogen (secondary N) is 2. The minimum Gasteiger partial charge on any atom is -0.282 e. The van der Waals surface area contributed by atoms with Crippen LogP contribution in [-0.2, 0) is 11.2 Å². The van der Waals surface area contributed by atoms with Gasteiger partial charge in [0.25, 0.3) is 0 Å². The third-order valence-electron chi connectivity index (χ3n) is 1.56. The molecule has 88 valence electrons. The number of carbonyl (C=O) groups excluding carboxylic acids is 2. The van der Waals surface area contributed by atoms with Crippen LogP contribution in [0.1, 0.15) is 18.4 Å². The van der Waals surface area contributed by atoms with Crippen molar-refractivity contribution in [3.63, 3.8) is 0 Å². The first-order chi connectivity index (χ1) is 7.65. The zero-order chi connectivity index (χ0) is 12.0. The second-order valence-corrected chi connectivity index (χ2v) is 4.24. The number of anilines is 1.